The van der Waals surface area contributed by atoms with Crippen LogP contribution < -0.4 is 4.90 Å². The fourth-order valence-electron chi connectivity index (χ4n) is 5.00. The highest BCUT2D eigenvalue weighted by atomic mass is 32.1. The number of hydrogen-bond acceptors (Lipinski definition) is 7. The lowest BCUT2D eigenvalue weighted by Gasteiger charge is -2.37. The van der Waals surface area contributed by atoms with Gasteiger partial charge in [0.25, 0.3) is 5.91 Å². The first-order chi connectivity index (χ1) is 18.3. The zero-order chi connectivity index (χ0) is 26.4. The standard InChI is InChI=1S/C25H22F3N7O2S/c26-25(27,28)17-13-30-24(31-14-17)34-5-3-16-11-18(1-2-20(16)34)35-15-19(12-21(35)36)32-6-8-33(9-7-32)23(37)22-29-4-10-38-22/h1-5,10-11,13-14,19H,6-9,12,15H2. The van der Waals surface area contributed by atoms with Crippen molar-refractivity contribution in [1.82, 2.24) is 29.3 Å². The van der Waals surface area contributed by atoms with Gasteiger partial charge in [-0.05, 0) is 24.3 Å². The molecule has 0 saturated carbocycles. The molecule has 0 N–H and O–H groups in total. The molecule has 0 radical (unpaired) electrons. The summed E-state index contributed by atoms with van der Waals surface area (Å²) in [7, 11) is 0. The topological polar surface area (TPSA) is 87.5 Å². The monoisotopic (exact) mass is 541 g/mol. The Hall–Kier alpha value is -3.84. The molecule has 0 aliphatic carbocycles. The smallest absolute Gasteiger partial charge is 0.334 e. The second kappa shape index (κ2) is 9.48. The number of halogens is 3. The first-order valence-electron chi connectivity index (χ1n) is 12.0. The molecule has 2 fully saturated rings. The summed E-state index contributed by atoms with van der Waals surface area (Å²) in [5.41, 5.74) is 0.570. The molecule has 3 aromatic heterocycles. The number of aromatic nitrogens is 4. The summed E-state index contributed by atoms with van der Waals surface area (Å²) in [6, 6.07) is 7.40. The Morgan fingerprint density at radius 2 is 1.79 bits per heavy atom. The van der Waals surface area contributed by atoms with Crippen molar-refractivity contribution in [1.29, 1.82) is 0 Å². The predicted molar refractivity (Wildman–Crippen MR) is 134 cm³/mol. The van der Waals surface area contributed by atoms with Gasteiger partial charge in [-0.25, -0.2) is 15.0 Å². The van der Waals surface area contributed by atoms with Crippen LogP contribution in [0.25, 0.3) is 16.9 Å². The molecule has 196 valence electrons. The molecule has 0 spiro atoms. The number of anilines is 1. The Morgan fingerprint density at radius 3 is 2.47 bits per heavy atom. The summed E-state index contributed by atoms with van der Waals surface area (Å²) in [5.74, 6) is 0.109. The lowest BCUT2D eigenvalue weighted by Crippen LogP contribution is -2.52. The maximum atomic E-state index is 12.9. The van der Waals surface area contributed by atoms with Crippen LogP contribution in [0.1, 0.15) is 21.8 Å². The van der Waals surface area contributed by atoms with Crippen molar-refractivity contribution in [3.63, 3.8) is 0 Å². The van der Waals surface area contributed by atoms with Crippen LogP contribution in [0.15, 0.2) is 54.4 Å². The summed E-state index contributed by atoms with van der Waals surface area (Å²) in [6.07, 6.45) is 0.748. The summed E-state index contributed by atoms with van der Waals surface area (Å²) in [4.78, 5) is 43.2. The number of nitrogens with zero attached hydrogens (tertiary/aromatic N) is 7. The van der Waals surface area contributed by atoms with E-state index in [0.29, 0.717) is 44.2 Å². The van der Waals surface area contributed by atoms with E-state index >= 15 is 0 Å². The van der Waals surface area contributed by atoms with Gasteiger partial charge < -0.3 is 9.80 Å². The third kappa shape index (κ3) is 4.52. The molecule has 1 atom stereocenters. The van der Waals surface area contributed by atoms with Gasteiger partial charge in [0, 0.05) is 86.4 Å². The first-order valence-corrected chi connectivity index (χ1v) is 12.9. The van der Waals surface area contributed by atoms with E-state index in [1.165, 1.54) is 11.3 Å². The van der Waals surface area contributed by atoms with Crippen molar-refractivity contribution in [2.45, 2.75) is 18.6 Å². The van der Waals surface area contributed by atoms with Crippen molar-refractivity contribution in [3.05, 3.63) is 65.0 Å². The average molecular weight is 542 g/mol. The zero-order valence-electron chi connectivity index (χ0n) is 20.0. The van der Waals surface area contributed by atoms with Gasteiger partial charge in [0.2, 0.25) is 11.9 Å². The van der Waals surface area contributed by atoms with Crippen LogP contribution in [0, 0.1) is 0 Å². The van der Waals surface area contributed by atoms with E-state index in [9.17, 15) is 22.8 Å². The van der Waals surface area contributed by atoms with E-state index in [1.54, 1.807) is 27.2 Å². The minimum Gasteiger partial charge on any atom is -0.334 e. The first kappa shape index (κ1) is 24.5. The fraction of sp³-hybridized carbons (Fsp3) is 0.320. The van der Waals surface area contributed by atoms with Crippen LogP contribution >= 0.6 is 11.3 Å². The van der Waals surface area contributed by atoms with Crippen molar-refractivity contribution in [2.24, 2.45) is 0 Å². The molecule has 13 heteroatoms. The molecule has 1 aromatic carbocycles. The van der Waals surface area contributed by atoms with Crippen LogP contribution in [0.5, 0.6) is 0 Å². The van der Waals surface area contributed by atoms with Crippen molar-refractivity contribution < 1.29 is 22.8 Å². The molecule has 0 bridgehead atoms. The van der Waals surface area contributed by atoms with Gasteiger partial charge in [0.05, 0.1) is 11.1 Å². The van der Waals surface area contributed by atoms with E-state index in [-0.39, 0.29) is 23.8 Å². The molecule has 2 saturated heterocycles. The van der Waals surface area contributed by atoms with Crippen LogP contribution in [0.4, 0.5) is 18.9 Å². The lowest BCUT2D eigenvalue weighted by atomic mass is 10.2. The fourth-order valence-corrected chi connectivity index (χ4v) is 5.60. The molecule has 4 aromatic rings. The number of alkyl halides is 3. The highest BCUT2D eigenvalue weighted by Crippen LogP contribution is 2.31. The molecule has 1 unspecified atom stereocenters. The van der Waals surface area contributed by atoms with Gasteiger partial charge in [-0.15, -0.1) is 11.3 Å². The summed E-state index contributed by atoms with van der Waals surface area (Å²) >= 11 is 1.33. The van der Waals surface area contributed by atoms with E-state index in [1.807, 2.05) is 29.2 Å². The second-order valence-corrected chi connectivity index (χ2v) is 10.1. The zero-order valence-corrected chi connectivity index (χ0v) is 20.8. The van der Waals surface area contributed by atoms with Gasteiger partial charge in [-0.1, -0.05) is 0 Å². The molecule has 5 heterocycles. The minimum absolute atomic E-state index is 0.0288. The van der Waals surface area contributed by atoms with Gasteiger partial charge in [0.1, 0.15) is 0 Å². The number of thiazole rings is 1. The highest BCUT2D eigenvalue weighted by molar-refractivity contribution is 7.11. The largest absolute Gasteiger partial charge is 0.419 e. The number of amides is 2. The van der Waals surface area contributed by atoms with Crippen LogP contribution in [-0.4, -0.2) is 79.9 Å². The Bertz CT molecular complexity index is 1480. The maximum absolute atomic E-state index is 12.9. The Balaban J connectivity index is 1.13. The number of hydrogen-bond donors (Lipinski definition) is 0. The summed E-state index contributed by atoms with van der Waals surface area (Å²) < 4.78 is 40.2. The van der Waals surface area contributed by atoms with Gasteiger partial charge >= 0.3 is 6.18 Å². The van der Waals surface area contributed by atoms with Gasteiger partial charge in [0.15, 0.2) is 5.01 Å². The Labute approximate surface area is 219 Å². The third-order valence-corrected chi connectivity index (χ3v) is 7.77. The quantitative estimate of drug-likeness (QED) is 0.393. The van der Waals surface area contributed by atoms with Gasteiger partial charge in [-0.3, -0.25) is 19.1 Å². The number of fused-ring (bicyclic) bond motifs is 1. The average Bonchev–Trinajstić information content (AvgIpc) is 3.68. The molecule has 2 aliphatic heterocycles. The molecular weight excluding hydrogens is 519 g/mol. The summed E-state index contributed by atoms with van der Waals surface area (Å²) in [6.45, 7) is 3.12. The predicted octanol–water partition coefficient (Wildman–Crippen LogP) is 3.46. The van der Waals surface area contributed by atoms with Crippen LogP contribution in [0.2, 0.25) is 0 Å². The normalized spacial score (nSPS) is 19.0. The number of carbonyl (C=O) groups excluding carboxylic acids is 2. The van der Waals surface area contributed by atoms with Crippen LogP contribution in [-0.2, 0) is 11.0 Å². The molecule has 6 rings (SSSR count). The Kier molecular flexibility index (Phi) is 6.11. The SMILES string of the molecule is O=C(c1nccs1)N1CCN(C2CC(=O)N(c3ccc4c(ccn4-c4ncc(C(F)(F)F)cn4)c3)C2)CC1. The Morgan fingerprint density at radius 1 is 1.03 bits per heavy atom. The lowest BCUT2D eigenvalue weighted by molar-refractivity contribution is -0.138. The van der Waals surface area contributed by atoms with Crippen molar-refractivity contribution in [2.75, 3.05) is 37.6 Å². The molecular formula is C25H22F3N7O2S. The van der Waals surface area contributed by atoms with E-state index < -0.39 is 11.7 Å². The molecule has 9 nitrogen and oxygen atoms in total. The molecule has 38 heavy (non-hydrogen) atoms. The van der Waals surface area contributed by atoms with Crippen molar-refractivity contribution in [3.8, 4) is 5.95 Å². The molecule has 2 amide bonds. The number of carbonyl (C=O) groups is 2. The number of piperazine rings is 1. The van der Waals surface area contributed by atoms with E-state index in [0.717, 1.165) is 29.0 Å². The number of benzene rings is 1. The van der Waals surface area contributed by atoms with E-state index in [4.69, 9.17) is 0 Å². The van der Waals surface area contributed by atoms with Crippen molar-refractivity contribution >= 4 is 39.7 Å². The van der Waals surface area contributed by atoms with Crippen LogP contribution in [0.3, 0.4) is 0 Å². The number of rotatable bonds is 4. The maximum Gasteiger partial charge on any atom is 0.419 e. The van der Waals surface area contributed by atoms with E-state index in [2.05, 4.69) is 19.9 Å². The van der Waals surface area contributed by atoms with Gasteiger partial charge in [-0.2, -0.15) is 13.2 Å². The second-order valence-electron chi connectivity index (χ2n) is 9.23. The third-order valence-electron chi connectivity index (χ3n) is 7.00. The minimum atomic E-state index is -4.50. The molecule has 2 aliphatic rings. The highest BCUT2D eigenvalue weighted by Gasteiger charge is 2.36. The summed E-state index contributed by atoms with van der Waals surface area (Å²) in [5, 5.41) is 3.10.